The van der Waals surface area contributed by atoms with Crippen molar-refractivity contribution in [1.82, 2.24) is 0 Å². The zero-order valence-electron chi connectivity index (χ0n) is 7.24. The Morgan fingerprint density at radius 2 is 1.60 bits per heavy atom. The largest absolute Gasteiger partial charge is 0.673 e. The van der Waals surface area contributed by atoms with Crippen LogP contribution >= 0.6 is 0 Å². The third kappa shape index (κ3) is 7.02. The molecule has 1 aromatic carbocycles. The van der Waals surface area contributed by atoms with Crippen molar-refractivity contribution in [3.05, 3.63) is 34.8 Å². The monoisotopic (exact) mass is 217 g/mol. The fourth-order valence-corrected chi connectivity index (χ4v) is 0.655. The van der Waals surface area contributed by atoms with Crippen LogP contribution < -0.4 is 0 Å². The molecule has 0 radical (unpaired) electrons. The number of hydrogen-bond donors (Lipinski definition) is 0. The number of halogens is 4. The molecule has 78 valence electrons. The highest BCUT2D eigenvalue weighted by atomic mass is 19.5. The lowest BCUT2D eigenvalue weighted by atomic mass is 10.2. The van der Waals surface area contributed by atoms with Crippen molar-refractivity contribution >= 4 is 12.9 Å². The molecule has 0 aromatic heterocycles. The van der Waals surface area contributed by atoms with Gasteiger partial charge in [0.15, 0.2) is 4.98 Å². The first-order chi connectivity index (χ1) is 6.88. The number of hydrogen-bond acceptors (Lipinski definition) is 2. The van der Waals surface area contributed by atoms with Gasteiger partial charge in [0, 0.05) is 6.07 Å². The van der Waals surface area contributed by atoms with Gasteiger partial charge >= 0.3 is 12.9 Å². The summed E-state index contributed by atoms with van der Waals surface area (Å²) >= 11 is 0. The smallest absolute Gasteiger partial charge is 0.418 e. The van der Waals surface area contributed by atoms with Gasteiger partial charge in [0.1, 0.15) is 11.6 Å². The highest BCUT2D eigenvalue weighted by Crippen LogP contribution is 2.16. The molecule has 0 fully saturated rings. The van der Waals surface area contributed by atoms with Crippen LogP contribution in [-0.2, 0) is 0 Å². The molecule has 3 nitrogen and oxygen atoms in total. The lowest BCUT2D eigenvalue weighted by Gasteiger charge is -1.94. The molecule has 0 aliphatic carbocycles. The summed E-state index contributed by atoms with van der Waals surface area (Å²) in [4.78, 5) is 2.92. The molecule has 8 heteroatoms. The summed E-state index contributed by atoms with van der Waals surface area (Å²) in [6, 6.07) is 8.47. The van der Waals surface area contributed by atoms with Crippen LogP contribution in [0.25, 0.3) is 4.98 Å². The van der Waals surface area contributed by atoms with E-state index in [2.05, 4.69) is 4.98 Å². The van der Waals surface area contributed by atoms with Gasteiger partial charge < -0.3 is 17.3 Å². The van der Waals surface area contributed by atoms with Gasteiger partial charge in [-0.05, 0) is 6.07 Å². The average Bonchev–Trinajstić information content (AvgIpc) is 2.15. The first-order valence-electron chi connectivity index (χ1n) is 3.60. The topological polar surface area (TPSA) is 51.9 Å². The molecule has 0 aliphatic rings. The van der Waals surface area contributed by atoms with Crippen LogP contribution in [0.2, 0.25) is 0 Å². The lowest BCUT2D eigenvalue weighted by Crippen LogP contribution is -2.02. The van der Waals surface area contributed by atoms with E-state index in [-0.39, 0.29) is 0 Å². The molecule has 0 heterocycles. The third-order valence-electron chi connectivity index (χ3n) is 1.13. The average molecular weight is 217 g/mol. The van der Waals surface area contributed by atoms with Crippen LogP contribution in [0, 0.1) is 16.7 Å². The van der Waals surface area contributed by atoms with E-state index in [1.807, 2.05) is 6.07 Å². The van der Waals surface area contributed by atoms with E-state index in [4.69, 9.17) is 10.7 Å². The van der Waals surface area contributed by atoms with Crippen LogP contribution in [0.3, 0.4) is 0 Å². The number of diazo groups is 1. The van der Waals surface area contributed by atoms with Crippen LogP contribution in [-0.4, -0.2) is 7.25 Å². The number of nitrogens with zero attached hydrogens (tertiary/aromatic N) is 3. The fraction of sp³-hybridized carbons (Fsp3) is 0. The molecule has 0 saturated heterocycles. The van der Waals surface area contributed by atoms with Gasteiger partial charge in [0.25, 0.3) is 0 Å². The quantitative estimate of drug-likeness (QED) is 0.380. The van der Waals surface area contributed by atoms with Crippen molar-refractivity contribution in [2.24, 2.45) is 0 Å². The van der Waals surface area contributed by atoms with E-state index in [0.29, 0.717) is 11.3 Å². The maximum atomic E-state index is 9.75. The molecule has 0 amide bonds. The molecule has 1 aromatic rings. The van der Waals surface area contributed by atoms with Gasteiger partial charge in [0.2, 0.25) is 5.39 Å². The SMILES string of the molecule is F[B-](F)(F)F.N#Cc1ccccc1[N+]#N. The Morgan fingerprint density at radius 1 is 1.13 bits per heavy atom. The third-order valence-corrected chi connectivity index (χ3v) is 1.13. The Bertz CT molecular complexity index is 365. The predicted molar refractivity (Wildman–Crippen MR) is 46.1 cm³/mol. The van der Waals surface area contributed by atoms with Crippen molar-refractivity contribution in [2.75, 3.05) is 0 Å². The summed E-state index contributed by atoms with van der Waals surface area (Å²) in [5.41, 5.74) is 0.690. The minimum Gasteiger partial charge on any atom is -0.418 e. The van der Waals surface area contributed by atoms with Gasteiger partial charge in [-0.3, -0.25) is 0 Å². The van der Waals surface area contributed by atoms with Gasteiger partial charge in [-0.2, -0.15) is 5.26 Å². The standard InChI is InChI=1S/C7H4N3.BF4/c8-5-6-3-1-2-4-7(6)10-9;2-1(3,4)5/h1-4H;/q+1;-1. The number of rotatable bonds is 0. The molecular weight excluding hydrogens is 213 g/mol. The summed E-state index contributed by atoms with van der Waals surface area (Å²) in [5, 5.41) is 16.8. The van der Waals surface area contributed by atoms with Gasteiger partial charge in [-0.1, -0.05) is 12.1 Å². The normalized spacial score (nSPS) is 9.20. The van der Waals surface area contributed by atoms with E-state index >= 15 is 0 Å². The summed E-state index contributed by atoms with van der Waals surface area (Å²) < 4.78 is 39.0. The van der Waals surface area contributed by atoms with Crippen molar-refractivity contribution in [2.45, 2.75) is 0 Å². The molecule has 0 spiro atoms. The molecule has 0 unspecified atom stereocenters. The lowest BCUT2D eigenvalue weighted by molar-refractivity contribution is 0.368. The molecule has 15 heavy (non-hydrogen) atoms. The number of nitriles is 1. The predicted octanol–water partition coefficient (Wildman–Crippen LogP) is 3.34. The van der Waals surface area contributed by atoms with Crippen LogP contribution in [0.1, 0.15) is 5.56 Å². The summed E-state index contributed by atoms with van der Waals surface area (Å²) in [5.74, 6) is 0. The molecule has 0 bridgehead atoms. The van der Waals surface area contributed by atoms with Crippen molar-refractivity contribution in [3.63, 3.8) is 0 Å². The van der Waals surface area contributed by atoms with E-state index in [1.54, 1.807) is 24.3 Å². The first-order valence-corrected chi connectivity index (χ1v) is 3.60. The van der Waals surface area contributed by atoms with E-state index in [9.17, 15) is 17.3 Å². The Balaban J connectivity index is 0.000000336. The highest BCUT2D eigenvalue weighted by Gasteiger charge is 2.20. The minimum absolute atomic E-state index is 0.310. The highest BCUT2D eigenvalue weighted by molar-refractivity contribution is 6.50. The van der Waals surface area contributed by atoms with Crippen molar-refractivity contribution in [3.8, 4) is 6.07 Å². The summed E-state index contributed by atoms with van der Waals surface area (Å²) in [6.07, 6.45) is 0. The maximum Gasteiger partial charge on any atom is 0.673 e. The van der Waals surface area contributed by atoms with Crippen molar-refractivity contribution in [1.29, 1.82) is 10.7 Å². The minimum atomic E-state index is -6.00. The molecule has 0 atom stereocenters. The maximum absolute atomic E-state index is 9.75. The Hall–Kier alpha value is -2.09. The Labute approximate surface area is 82.7 Å². The summed E-state index contributed by atoms with van der Waals surface area (Å²) in [7, 11) is -6.00. The second-order valence-corrected chi connectivity index (χ2v) is 2.22. The second-order valence-electron chi connectivity index (χ2n) is 2.22. The van der Waals surface area contributed by atoms with Crippen LogP contribution in [0.5, 0.6) is 0 Å². The zero-order chi connectivity index (χ0) is 11.9. The van der Waals surface area contributed by atoms with Crippen molar-refractivity contribution < 1.29 is 17.3 Å². The second kappa shape index (κ2) is 5.60. The molecule has 0 N–H and O–H groups in total. The van der Waals surface area contributed by atoms with Gasteiger partial charge in [0.05, 0.1) is 0 Å². The van der Waals surface area contributed by atoms with E-state index in [1.165, 1.54) is 0 Å². The first kappa shape index (κ1) is 12.9. The molecule has 0 saturated carbocycles. The van der Waals surface area contributed by atoms with Crippen LogP contribution in [0.4, 0.5) is 23.0 Å². The number of benzene rings is 1. The van der Waals surface area contributed by atoms with Gasteiger partial charge in [-0.25, -0.2) is 0 Å². The molecular formula is C7H4BF4N3. The zero-order valence-corrected chi connectivity index (χ0v) is 7.24. The Kier molecular flexibility index (Phi) is 4.83. The molecule has 0 aliphatic heterocycles. The molecule has 1 rings (SSSR count). The van der Waals surface area contributed by atoms with Crippen LogP contribution in [0.15, 0.2) is 24.3 Å². The Morgan fingerprint density at radius 3 is 1.93 bits per heavy atom. The van der Waals surface area contributed by atoms with E-state index < -0.39 is 7.25 Å². The fourth-order valence-electron chi connectivity index (χ4n) is 0.655. The van der Waals surface area contributed by atoms with E-state index in [0.717, 1.165) is 0 Å². The summed E-state index contributed by atoms with van der Waals surface area (Å²) in [6.45, 7) is 0. The van der Waals surface area contributed by atoms with Gasteiger partial charge in [-0.15, -0.1) is 0 Å².